The van der Waals surface area contributed by atoms with Crippen LogP contribution in [0, 0.1) is 0 Å². The van der Waals surface area contributed by atoms with Gasteiger partial charge in [-0.2, -0.15) is 0 Å². The second-order valence-corrected chi connectivity index (χ2v) is 6.19. The van der Waals surface area contributed by atoms with Crippen LogP contribution in [0.15, 0.2) is 28.4 Å². The van der Waals surface area contributed by atoms with Crippen LogP contribution in [-0.4, -0.2) is 40.5 Å². The third kappa shape index (κ3) is 3.89. The number of carbonyl (C=O) groups excluding carboxylic acids is 1. The van der Waals surface area contributed by atoms with E-state index in [0.29, 0.717) is 28.9 Å². The van der Waals surface area contributed by atoms with Gasteiger partial charge in [0.2, 0.25) is 5.88 Å². The Labute approximate surface area is 139 Å². The SMILES string of the molecule is O=C(CCN1CCCCC1)N=Nc1c(O)[nH]c2ccc(Cl)cc12. The molecular weight excluding hydrogens is 316 g/mol. The lowest BCUT2D eigenvalue weighted by Gasteiger charge is -2.25. The van der Waals surface area contributed by atoms with Gasteiger partial charge in [0.1, 0.15) is 0 Å². The lowest BCUT2D eigenvalue weighted by molar-refractivity contribution is -0.118. The van der Waals surface area contributed by atoms with Gasteiger partial charge >= 0.3 is 0 Å². The van der Waals surface area contributed by atoms with Crippen LogP contribution in [0.1, 0.15) is 25.7 Å². The molecule has 0 atom stereocenters. The third-order valence-electron chi connectivity index (χ3n) is 4.07. The van der Waals surface area contributed by atoms with Gasteiger partial charge in [0.05, 0.1) is 5.52 Å². The van der Waals surface area contributed by atoms with Gasteiger partial charge in [-0.1, -0.05) is 18.0 Å². The first-order valence-corrected chi connectivity index (χ1v) is 8.18. The molecule has 6 nitrogen and oxygen atoms in total. The van der Waals surface area contributed by atoms with Crippen molar-refractivity contribution in [3.8, 4) is 5.88 Å². The molecule has 1 aliphatic rings. The van der Waals surface area contributed by atoms with Gasteiger partial charge in [0.15, 0.2) is 5.69 Å². The van der Waals surface area contributed by atoms with E-state index in [1.54, 1.807) is 18.2 Å². The number of aromatic nitrogens is 1. The van der Waals surface area contributed by atoms with Crippen LogP contribution in [0.4, 0.5) is 5.69 Å². The van der Waals surface area contributed by atoms with E-state index in [4.69, 9.17) is 11.6 Å². The van der Waals surface area contributed by atoms with Crippen LogP contribution < -0.4 is 0 Å². The zero-order valence-corrected chi connectivity index (χ0v) is 13.5. The van der Waals surface area contributed by atoms with E-state index < -0.39 is 0 Å². The first kappa shape index (κ1) is 16.0. The lowest BCUT2D eigenvalue weighted by atomic mass is 10.1. The molecule has 23 heavy (non-hydrogen) atoms. The maximum absolute atomic E-state index is 11.9. The second-order valence-electron chi connectivity index (χ2n) is 5.76. The molecular formula is C16H19ClN4O2. The molecule has 2 aromatic rings. The van der Waals surface area contributed by atoms with Crippen LogP contribution in [0.3, 0.4) is 0 Å². The highest BCUT2D eigenvalue weighted by Gasteiger charge is 2.13. The van der Waals surface area contributed by atoms with Crippen LogP contribution >= 0.6 is 11.6 Å². The van der Waals surface area contributed by atoms with E-state index in [1.807, 2.05) is 0 Å². The molecule has 0 spiro atoms. The highest BCUT2D eigenvalue weighted by Crippen LogP contribution is 2.36. The number of piperidine rings is 1. The Morgan fingerprint density at radius 3 is 2.87 bits per heavy atom. The molecule has 1 amide bonds. The molecule has 7 heteroatoms. The summed E-state index contributed by atoms with van der Waals surface area (Å²) < 4.78 is 0. The van der Waals surface area contributed by atoms with Crippen LogP contribution in [0.5, 0.6) is 5.88 Å². The number of likely N-dealkylation sites (tertiary alicyclic amines) is 1. The fourth-order valence-corrected chi connectivity index (χ4v) is 3.00. The smallest absolute Gasteiger partial charge is 0.266 e. The molecule has 3 rings (SSSR count). The number of azo groups is 1. The molecule has 0 bridgehead atoms. The number of hydrogen-bond donors (Lipinski definition) is 2. The first-order chi connectivity index (χ1) is 11.1. The Kier molecular flexibility index (Phi) is 4.93. The van der Waals surface area contributed by atoms with Gasteiger partial charge in [-0.15, -0.1) is 10.2 Å². The summed E-state index contributed by atoms with van der Waals surface area (Å²) in [5.41, 5.74) is 0.940. The minimum atomic E-state index is -0.286. The maximum Gasteiger partial charge on any atom is 0.266 e. The Morgan fingerprint density at radius 2 is 2.09 bits per heavy atom. The molecule has 1 aromatic heterocycles. The quantitative estimate of drug-likeness (QED) is 0.829. The van der Waals surface area contributed by atoms with E-state index in [0.717, 1.165) is 13.1 Å². The van der Waals surface area contributed by atoms with Gasteiger partial charge in [-0.25, -0.2) is 0 Å². The Balaban J connectivity index is 1.66. The van der Waals surface area contributed by atoms with Crippen molar-refractivity contribution in [3.63, 3.8) is 0 Å². The van der Waals surface area contributed by atoms with Gasteiger partial charge in [-0.3, -0.25) is 4.79 Å². The minimum absolute atomic E-state index is 0.116. The summed E-state index contributed by atoms with van der Waals surface area (Å²) in [6.07, 6.45) is 4.00. The van der Waals surface area contributed by atoms with Crippen molar-refractivity contribution < 1.29 is 9.90 Å². The number of fused-ring (bicyclic) bond motifs is 1. The summed E-state index contributed by atoms with van der Waals surface area (Å²) in [6.45, 7) is 2.81. The number of aromatic amines is 1. The van der Waals surface area contributed by atoms with Crippen LogP contribution in [-0.2, 0) is 4.79 Å². The van der Waals surface area contributed by atoms with Crippen molar-refractivity contribution in [1.29, 1.82) is 0 Å². The van der Waals surface area contributed by atoms with E-state index >= 15 is 0 Å². The van der Waals surface area contributed by atoms with Crippen molar-refractivity contribution in [2.24, 2.45) is 10.2 Å². The number of amides is 1. The Morgan fingerprint density at radius 1 is 1.30 bits per heavy atom. The highest BCUT2D eigenvalue weighted by molar-refractivity contribution is 6.31. The number of nitrogens with one attached hydrogen (secondary N) is 1. The molecule has 1 fully saturated rings. The summed E-state index contributed by atoms with van der Waals surface area (Å²) in [5.74, 6) is -0.402. The number of hydrogen-bond acceptors (Lipinski definition) is 4. The number of halogens is 1. The normalized spacial score (nSPS) is 16.4. The first-order valence-electron chi connectivity index (χ1n) is 7.80. The molecule has 0 saturated carbocycles. The molecule has 2 heterocycles. The van der Waals surface area contributed by atoms with Gasteiger partial charge < -0.3 is 15.0 Å². The molecule has 0 unspecified atom stereocenters. The zero-order chi connectivity index (χ0) is 16.2. The van der Waals surface area contributed by atoms with Crippen LogP contribution in [0.25, 0.3) is 10.9 Å². The molecule has 1 saturated heterocycles. The highest BCUT2D eigenvalue weighted by atomic mass is 35.5. The summed E-state index contributed by atoms with van der Waals surface area (Å²) in [7, 11) is 0. The summed E-state index contributed by atoms with van der Waals surface area (Å²) in [5, 5.41) is 18.7. The van der Waals surface area contributed by atoms with Gasteiger partial charge in [0, 0.05) is 23.4 Å². The third-order valence-corrected chi connectivity index (χ3v) is 4.30. The molecule has 0 aliphatic carbocycles. The van der Waals surface area contributed by atoms with Gasteiger partial charge in [-0.05, 0) is 44.1 Å². The van der Waals surface area contributed by atoms with Crippen molar-refractivity contribution in [2.75, 3.05) is 19.6 Å². The molecule has 2 N–H and O–H groups in total. The predicted molar refractivity (Wildman–Crippen MR) is 89.4 cm³/mol. The summed E-state index contributed by atoms with van der Waals surface area (Å²) in [6, 6.07) is 5.14. The van der Waals surface area contributed by atoms with E-state index in [1.165, 1.54) is 19.3 Å². The average Bonchev–Trinajstić information content (AvgIpc) is 2.86. The number of rotatable bonds is 4. The lowest BCUT2D eigenvalue weighted by Crippen LogP contribution is -2.31. The number of benzene rings is 1. The fourth-order valence-electron chi connectivity index (χ4n) is 2.83. The minimum Gasteiger partial charge on any atom is -0.493 e. The molecule has 0 radical (unpaired) electrons. The van der Waals surface area contributed by atoms with Crippen molar-refractivity contribution in [3.05, 3.63) is 23.2 Å². The molecule has 1 aromatic carbocycles. The van der Waals surface area contributed by atoms with E-state index in [9.17, 15) is 9.90 Å². The monoisotopic (exact) mass is 334 g/mol. The molecule has 1 aliphatic heterocycles. The van der Waals surface area contributed by atoms with E-state index in [-0.39, 0.29) is 17.5 Å². The standard InChI is InChI=1S/C16H19ClN4O2/c17-11-4-5-13-12(10-11)15(16(23)18-13)20-19-14(22)6-9-21-7-2-1-3-8-21/h4-5,10,18,23H,1-3,6-9H2. The second kappa shape index (κ2) is 7.10. The topological polar surface area (TPSA) is 81.1 Å². The number of carbonyl (C=O) groups is 1. The van der Waals surface area contributed by atoms with Crippen molar-refractivity contribution in [2.45, 2.75) is 25.7 Å². The summed E-state index contributed by atoms with van der Waals surface area (Å²) in [4.78, 5) is 17.0. The number of nitrogens with zero attached hydrogens (tertiary/aromatic N) is 3. The predicted octanol–water partition coefficient (Wildman–Crippen LogP) is 4.01. The maximum atomic E-state index is 11.9. The Hall–Kier alpha value is -1.92. The largest absolute Gasteiger partial charge is 0.493 e. The van der Waals surface area contributed by atoms with Crippen molar-refractivity contribution in [1.82, 2.24) is 9.88 Å². The zero-order valence-electron chi connectivity index (χ0n) is 12.8. The van der Waals surface area contributed by atoms with E-state index in [2.05, 4.69) is 20.1 Å². The van der Waals surface area contributed by atoms with Crippen LogP contribution in [0.2, 0.25) is 5.02 Å². The summed E-state index contributed by atoms with van der Waals surface area (Å²) >= 11 is 5.96. The van der Waals surface area contributed by atoms with Gasteiger partial charge in [0.25, 0.3) is 5.91 Å². The number of H-pyrrole nitrogens is 1. The average molecular weight is 335 g/mol. The number of aromatic hydroxyl groups is 1. The fraction of sp³-hybridized carbons (Fsp3) is 0.438. The Bertz CT molecular complexity index is 735. The van der Waals surface area contributed by atoms with Crippen molar-refractivity contribution >= 4 is 34.1 Å². The molecule has 122 valence electrons.